The van der Waals surface area contributed by atoms with Crippen LogP contribution in [0.3, 0.4) is 0 Å². The van der Waals surface area contributed by atoms with E-state index in [9.17, 15) is 0 Å². The average Bonchev–Trinajstić information content (AvgIpc) is 3.76. The van der Waals surface area contributed by atoms with Crippen LogP contribution in [0.4, 0.5) is 0 Å². The smallest absolute Gasteiger partial charge is 0.0555 e. The van der Waals surface area contributed by atoms with Gasteiger partial charge in [-0.15, -0.1) is 11.3 Å². The lowest BCUT2D eigenvalue weighted by molar-refractivity contribution is 1.02. The quantitative estimate of drug-likeness (QED) is 0.193. The molecular weight excluding hydrogens is 565 g/mol. The number of allylic oxidation sites excluding steroid dienone is 4. The highest BCUT2D eigenvalue weighted by molar-refractivity contribution is 7.26. The third-order valence-corrected chi connectivity index (χ3v) is 10.7. The Balaban J connectivity index is 1.25. The molecule has 0 fully saturated rings. The van der Waals surface area contributed by atoms with E-state index in [0.717, 1.165) is 12.8 Å². The molecule has 0 aliphatic heterocycles. The second-order valence-electron chi connectivity index (χ2n) is 12.0. The summed E-state index contributed by atoms with van der Waals surface area (Å²) >= 11 is 1.91. The lowest BCUT2D eigenvalue weighted by Crippen LogP contribution is -1.96. The highest BCUT2D eigenvalue weighted by atomic mass is 32.1. The van der Waals surface area contributed by atoms with Gasteiger partial charge in [0.2, 0.25) is 0 Å². The molecule has 9 aromatic rings. The third kappa shape index (κ3) is 3.62. The molecule has 45 heavy (non-hydrogen) atoms. The number of hydrogen-bond donors (Lipinski definition) is 0. The van der Waals surface area contributed by atoms with Crippen LogP contribution >= 0.6 is 11.3 Å². The van der Waals surface area contributed by atoms with E-state index in [0.29, 0.717) is 0 Å². The summed E-state index contributed by atoms with van der Waals surface area (Å²) in [6.45, 7) is 0. The Hall–Kier alpha value is -5.38. The van der Waals surface area contributed by atoms with E-state index in [1.54, 1.807) is 0 Å². The molecule has 3 heteroatoms. The zero-order valence-electron chi connectivity index (χ0n) is 24.6. The Morgan fingerprint density at radius 1 is 0.489 bits per heavy atom. The first-order valence-electron chi connectivity index (χ1n) is 15.7. The molecule has 1 aliphatic carbocycles. The van der Waals surface area contributed by atoms with Crippen LogP contribution in [0.5, 0.6) is 0 Å². The van der Waals surface area contributed by atoms with Gasteiger partial charge in [0.15, 0.2) is 0 Å². The molecule has 10 rings (SSSR count). The lowest BCUT2D eigenvalue weighted by Gasteiger charge is -2.12. The normalized spacial score (nSPS) is 13.6. The zero-order valence-corrected chi connectivity index (χ0v) is 25.4. The van der Waals surface area contributed by atoms with Gasteiger partial charge in [-0.05, 0) is 84.6 Å². The second-order valence-corrected chi connectivity index (χ2v) is 13.1. The van der Waals surface area contributed by atoms with Gasteiger partial charge in [-0.3, -0.25) is 0 Å². The van der Waals surface area contributed by atoms with Crippen molar-refractivity contribution in [2.45, 2.75) is 12.8 Å². The van der Waals surface area contributed by atoms with Crippen molar-refractivity contribution in [1.82, 2.24) is 9.13 Å². The number of rotatable bonds is 3. The van der Waals surface area contributed by atoms with Gasteiger partial charge in [0.1, 0.15) is 0 Å². The minimum atomic E-state index is 1.08. The number of thiophene rings is 1. The van der Waals surface area contributed by atoms with Crippen LogP contribution in [0, 0.1) is 0 Å². The van der Waals surface area contributed by atoms with Crippen LogP contribution in [0.15, 0.2) is 146 Å². The summed E-state index contributed by atoms with van der Waals surface area (Å²) in [5.74, 6) is 0. The van der Waals surface area contributed by atoms with Crippen LogP contribution in [0.25, 0.3) is 86.3 Å². The fourth-order valence-corrected chi connectivity index (χ4v) is 8.78. The van der Waals surface area contributed by atoms with E-state index in [4.69, 9.17) is 0 Å². The Labute approximate surface area is 264 Å². The molecule has 0 saturated carbocycles. The fourth-order valence-electron chi connectivity index (χ4n) is 7.52. The monoisotopic (exact) mass is 592 g/mol. The average molecular weight is 593 g/mol. The number of benzene rings is 6. The molecule has 3 heterocycles. The van der Waals surface area contributed by atoms with Crippen LogP contribution < -0.4 is 0 Å². The maximum atomic E-state index is 2.43. The zero-order chi connectivity index (χ0) is 29.5. The highest BCUT2D eigenvalue weighted by Gasteiger charge is 2.19. The molecule has 0 N–H and O–H groups in total. The standard InChI is InChI=1S/C42H28N2S/c1-3-11-29(12-4-1)43-36-17-9-7-15-31(36)34-25-27(19-22-37(34)43)28-20-23-38-35(26-28)41-39(44(38)30-13-5-2-6-14-30)24-21-33-32-16-8-10-18-40(32)45-42(33)41/h2-3,5-26H,1,4H2. The Morgan fingerprint density at radius 2 is 1.18 bits per heavy atom. The molecule has 2 nitrogen and oxygen atoms in total. The summed E-state index contributed by atoms with van der Waals surface area (Å²) in [4.78, 5) is 0. The van der Waals surface area contributed by atoms with E-state index in [1.165, 1.54) is 86.3 Å². The third-order valence-electron chi connectivity index (χ3n) is 9.53. The number of para-hydroxylation sites is 2. The van der Waals surface area contributed by atoms with Gasteiger partial charge in [0.25, 0.3) is 0 Å². The molecule has 0 atom stereocenters. The van der Waals surface area contributed by atoms with E-state index >= 15 is 0 Å². The van der Waals surface area contributed by atoms with Gasteiger partial charge >= 0.3 is 0 Å². The summed E-state index contributed by atoms with van der Waals surface area (Å²) < 4.78 is 7.55. The van der Waals surface area contributed by atoms with Crippen molar-refractivity contribution < 1.29 is 0 Å². The summed E-state index contributed by atoms with van der Waals surface area (Å²) in [7, 11) is 0. The summed E-state index contributed by atoms with van der Waals surface area (Å²) in [6.07, 6.45) is 9.13. The van der Waals surface area contributed by atoms with Gasteiger partial charge in [-0.2, -0.15) is 0 Å². The maximum absolute atomic E-state index is 2.43. The van der Waals surface area contributed by atoms with Crippen molar-refractivity contribution >= 4 is 80.8 Å². The Morgan fingerprint density at radius 3 is 2.00 bits per heavy atom. The first-order valence-corrected chi connectivity index (χ1v) is 16.5. The van der Waals surface area contributed by atoms with Gasteiger partial charge in [-0.25, -0.2) is 0 Å². The summed E-state index contributed by atoms with van der Waals surface area (Å²) in [5, 5.41) is 7.89. The summed E-state index contributed by atoms with van der Waals surface area (Å²) in [5.41, 5.74) is 9.93. The van der Waals surface area contributed by atoms with Crippen LogP contribution in [0.2, 0.25) is 0 Å². The molecule has 1 aliphatic rings. The topological polar surface area (TPSA) is 9.86 Å². The molecule has 0 amide bonds. The molecule has 6 aromatic carbocycles. The minimum Gasteiger partial charge on any atom is -0.310 e. The predicted molar refractivity (Wildman–Crippen MR) is 195 cm³/mol. The number of nitrogens with zero attached hydrogens (tertiary/aromatic N) is 2. The largest absolute Gasteiger partial charge is 0.310 e. The Kier molecular flexibility index (Phi) is 5.31. The van der Waals surface area contributed by atoms with E-state index in [2.05, 4.69) is 155 Å². The number of hydrogen-bond acceptors (Lipinski definition) is 1. The van der Waals surface area contributed by atoms with E-state index < -0.39 is 0 Å². The Bertz CT molecular complexity index is 2700. The van der Waals surface area contributed by atoms with Crippen molar-refractivity contribution in [2.75, 3.05) is 0 Å². The summed E-state index contributed by atoms with van der Waals surface area (Å²) in [6, 6.07) is 47.1. The molecular formula is C42H28N2S. The molecule has 0 spiro atoms. The van der Waals surface area contributed by atoms with Crippen molar-refractivity contribution in [2.24, 2.45) is 0 Å². The van der Waals surface area contributed by atoms with Gasteiger partial charge in [-0.1, -0.05) is 84.9 Å². The maximum Gasteiger partial charge on any atom is 0.0555 e. The second kappa shape index (κ2) is 9.56. The molecule has 0 bridgehead atoms. The molecule has 3 aromatic heterocycles. The first-order chi connectivity index (χ1) is 22.3. The van der Waals surface area contributed by atoms with E-state index in [1.807, 2.05) is 11.3 Å². The van der Waals surface area contributed by atoms with Gasteiger partial charge in [0, 0.05) is 53.1 Å². The highest BCUT2D eigenvalue weighted by Crippen LogP contribution is 2.44. The van der Waals surface area contributed by atoms with Crippen molar-refractivity contribution in [3.05, 3.63) is 146 Å². The number of fused-ring (bicyclic) bond motifs is 10. The van der Waals surface area contributed by atoms with Gasteiger partial charge < -0.3 is 9.13 Å². The minimum absolute atomic E-state index is 1.08. The number of aromatic nitrogens is 2. The van der Waals surface area contributed by atoms with Crippen LogP contribution in [0.1, 0.15) is 12.8 Å². The molecule has 212 valence electrons. The predicted octanol–water partition coefficient (Wildman–Crippen LogP) is 12.1. The van der Waals surface area contributed by atoms with Crippen molar-refractivity contribution in [1.29, 1.82) is 0 Å². The van der Waals surface area contributed by atoms with Gasteiger partial charge in [0.05, 0.1) is 22.1 Å². The molecule has 0 radical (unpaired) electrons. The van der Waals surface area contributed by atoms with Crippen molar-refractivity contribution in [3.8, 4) is 16.8 Å². The van der Waals surface area contributed by atoms with Crippen LogP contribution in [-0.2, 0) is 0 Å². The lowest BCUT2D eigenvalue weighted by atomic mass is 10.00. The van der Waals surface area contributed by atoms with Crippen LogP contribution in [-0.4, -0.2) is 9.13 Å². The molecule has 0 saturated heterocycles. The van der Waals surface area contributed by atoms with Crippen molar-refractivity contribution in [3.63, 3.8) is 0 Å². The fraction of sp³-hybridized carbons (Fsp3) is 0.0476. The SMILES string of the molecule is C1=CC(n2c3ccccc3c3cc(-c4ccc5c(c4)c4c6sc7ccccc7c6ccc4n5-c4ccccc4)ccc32)=CCC1. The van der Waals surface area contributed by atoms with E-state index in [-0.39, 0.29) is 0 Å². The molecule has 0 unspecified atom stereocenters. The first kappa shape index (κ1) is 25.0.